The Kier molecular flexibility index (Phi) is 3.18. The van der Waals surface area contributed by atoms with Crippen LogP contribution in [0.2, 0.25) is 0 Å². The molecule has 2 rings (SSSR count). The van der Waals surface area contributed by atoms with E-state index in [1.54, 1.807) is 17.0 Å². The molecule has 1 aliphatic carbocycles. The average molecular weight is 235 g/mol. The maximum absolute atomic E-state index is 13.1. The van der Waals surface area contributed by atoms with Crippen molar-refractivity contribution < 1.29 is 9.18 Å². The summed E-state index contributed by atoms with van der Waals surface area (Å²) in [4.78, 5) is 13.6. The van der Waals surface area contributed by atoms with E-state index in [2.05, 4.69) is 0 Å². The molecule has 2 unspecified atom stereocenters. The van der Waals surface area contributed by atoms with Gasteiger partial charge in [-0.2, -0.15) is 0 Å². The second-order valence-corrected chi connectivity index (χ2v) is 5.07. The largest absolute Gasteiger partial charge is 0.342 e. The van der Waals surface area contributed by atoms with Crippen LogP contribution in [0.5, 0.6) is 0 Å². The molecule has 2 atom stereocenters. The molecule has 0 radical (unpaired) electrons. The predicted octanol–water partition coefficient (Wildman–Crippen LogP) is 2.80. The van der Waals surface area contributed by atoms with Crippen molar-refractivity contribution in [3.8, 4) is 0 Å². The lowest BCUT2D eigenvalue weighted by Gasteiger charge is -2.19. The SMILES string of the molecule is CC(C)C(=O)N(C)C1CC1c1cccc(F)c1. The summed E-state index contributed by atoms with van der Waals surface area (Å²) < 4.78 is 13.1. The number of carbonyl (C=O) groups is 1. The Balaban J connectivity index is 2.03. The molecule has 1 saturated carbocycles. The van der Waals surface area contributed by atoms with Gasteiger partial charge in [-0.25, -0.2) is 4.39 Å². The van der Waals surface area contributed by atoms with Gasteiger partial charge >= 0.3 is 0 Å². The smallest absolute Gasteiger partial charge is 0.225 e. The Bertz CT molecular complexity index is 430. The molecule has 1 aromatic rings. The van der Waals surface area contributed by atoms with Gasteiger partial charge in [-0.05, 0) is 24.1 Å². The molecule has 1 aliphatic rings. The molecule has 0 bridgehead atoms. The molecule has 2 nitrogen and oxygen atoms in total. The van der Waals surface area contributed by atoms with Crippen LogP contribution < -0.4 is 0 Å². The van der Waals surface area contributed by atoms with Crippen molar-refractivity contribution in [2.24, 2.45) is 5.92 Å². The molecule has 92 valence electrons. The predicted molar refractivity (Wildman–Crippen MR) is 65.2 cm³/mol. The molecule has 0 N–H and O–H groups in total. The molecular weight excluding hydrogens is 217 g/mol. The first-order valence-corrected chi connectivity index (χ1v) is 6.03. The number of rotatable bonds is 3. The Morgan fingerprint density at radius 2 is 2.18 bits per heavy atom. The van der Waals surface area contributed by atoms with Gasteiger partial charge in [0.05, 0.1) is 0 Å². The van der Waals surface area contributed by atoms with Crippen molar-refractivity contribution in [2.45, 2.75) is 32.2 Å². The fourth-order valence-electron chi connectivity index (χ4n) is 2.28. The van der Waals surface area contributed by atoms with Gasteiger partial charge in [0.15, 0.2) is 0 Å². The summed E-state index contributed by atoms with van der Waals surface area (Å²) in [6, 6.07) is 6.92. The Hall–Kier alpha value is -1.38. The van der Waals surface area contributed by atoms with Crippen molar-refractivity contribution in [3.63, 3.8) is 0 Å². The standard InChI is InChI=1S/C14H18FNO/c1-9(2)14(17)16(3)13-8-12(13)10-5-4-6-11(15)7-10/h4-7,9,12-13H,8H2,1-3H3. The monoisotopic (exact) mass is 235 g/mol. The topological polar surface area (TPSA) is 20.3 Å². The average Bonchev–Trinajstić information content (AvgIpc) is 3.07. The van der Waals surface area contributed by atoms with Crippen LogP contribution in [0.15, 0.2) is 24.3 Å². The van der Waals surface area contributed by atoms with Crippen LogP contribution >= 0.6 is 0 Å². The lowest BCUT2D eigenvalue weighted by molar-refractivity contribution is -0.133. The summed E-state index contributed by atoms with van der Waals surface area (Å²) in [7, 11) is 1.84. The molecule has 0 saturated heterocycles. The first kappa shape index (κ1) is 12.1. The van der Waals surface area contributed by atoms with Gasteiger partial charge in [0.25, 0.3) is 0 Å². The second-order valence-electron chi connectivity index (χ2n) is 5.07. The lowest BCUT2D eigenvalue weighted by atomic mass is 10.1. The minimum atomic E-state index is -0.203. The summed E-state index contributed by atoms with van der Waals surface area (Å²) in [6.45, 7) is 3.80. The van der Waals surface area contributed by atoms with Crippen LogP contribution in [-0.4, -0.2) is 23.9 Å². The minimum absolute atomic E-state index is 0.0220. The fourth-order valence-corrected chi connectivity index (χ4v) is 2.28. The third kappa shape index (κ3) is 2.48. The van der Waals surface area contributed by atoms with E-state index in [1.807, 2.05) is 27.0 Å². The quantitative estimate of drug-likeness (QED) is 0.789. The molecule has 0 heterocycles. The summed E-state index contributed by atoms with van der Waals surface area (Å²) in [6.07, 6.45) is 0.943. The van der Waals surface area contributed by atoms with Crippen LogP contribution in [0.1, 0.15) is 31.7 Å². The Morgan fingerprint density at radius 1 is 1.47 bits per heavy atom. The molecule has 1 amide bonds. The zero-order valence-corrected chi connectivity index (χ0v) is 10.5. The summed E-state index contributed by atoms with van der Waals surface area (Å²) in [5.41, 5.74) is 0.999. The number of likely N-dealkylation sites (N-methyl/N-ethyl adjacent to an activating group) is 1. The van der Waals surface area contributed by atoms with Gasteiger partial charge in [-0.3, -0.25) is 4.79 Å². The van der Waals surface area contributed by atoms with Gasteiger partial charge in [0.2, 0.25) is 5.91 Å². The van der Waals surface area contributed by atoms with Crippen LogP contribution in [-0.2, 0) is 4.79 Å². The maximum atomic E-state index is 13.1. The van der Waals surface area contributed by atoms with Crippen molar-refractivity contribution in [3.05, 3.63) is 35.6 Å². The van der Waals surface area contributed by atoms with Gasteiger partial charge < -0.3 is 4.90 Å². The second kappa shape index (κ2) is 4.47. The maximum Gasteiger partial charge on any atom is 0.225 e. The zero-order valence-electron chi connectivity index (χ0n) is 10.5. The summed E-state index contributed by atoms with van der Waals surface area (Å²) in [5, 5.41) is 0. The number of carbonyl (C=O) groups excluding carboxylic acids is 1. The number of hydrogen-bond acceptors (Lipinski definition) is 1. The Morgan fingerprint density at radius 3 is 2.76 bits per heavy atom. The number of benzene rings is 1. The molecule has 0 spiro atoms. The molecule has 0 aromatic heterocycles. The third-order valence-corrected chi connectivity index (χ3v) is 3.37. The lowest BCUT2D eigenvalue weighted by Crippen LogP contribution is -2.33. The zero-order chi connectivity index (χ0) is 12.6. The number of amides is 1. The van der Waals surface area contributed by atoms with E-state index < -0.39 is 0 Å². The highest BCUT2D eigenvalue weighted by molar-refractivity contribution is 5.78. The van der Waals surface area contributed by atoms with Crippen LogP contribution in [0.25, 0.3) is 0 Å². The number of nitrogens with zero attached hydrogens (tertiary/aromatic N) is 1. The highest BCUT2D eigenvalue weighted by Gasteiger charge is 2.43. The minimum Gasteiger partial charge on any atom is -0.342 e. The van der Waals surface area contributed by atoms with Crippen molar-refractivity contribution >= 4 is 5.91 Å². The molecule has 1 aromatic carbocycles. The molecule has 17 heavy (non-hydrogen) atoms. The van der Waals surface area contributed by atoms with Gasteiger partial charge in [0, 0.05) is 24.9 Å². The summed E-state index contributed by atoms with van der Waals surface area (Å²) >= 11 is 0. The molecular formula is C14H18FNO. The van der Waals surface area contributed by atoms with Crippen LogP contribution in [0, 0.1) is 11.7 Å². The first-order chi connectivity index (χ1) is 8.00. The van der Waals surface area contributed by atoms with Crippen molar-refractivity contribution in [1.82, 2.24) is 4.90 Å². The van der Waals surface area contributed by atoms with E-state index in [0.29, 0.717) is 5.92 Å². The molecule has 3 heteroatoms. The fraction of sp³-hybridized carbons (Fsp3) is 0.500. The van der Waals surface area contributed by atoms with Crippen LogP contribution in [0.3, 0.4) is 0 Å². The number of hydrogen-bond donors (Lipinski definition) is 0. The van der Waals surface area contributed by atoms with E-state index in [9.17, 15) is 9.18 Å². The van der Waals surface area contributed by atoms with E-state index in [0.717, 1.165) is 12.0 Å². The van der Waals surface area contributed by atoms with E-state index in [1.165, 1.54) is 6.07 Å². The van der Waals surface area contributed by atoms with Crippen molar-refractivity contribution in [2.75, 3.05) is 7.05 Å². The van der Waals surface area contributed by atoms with Crippen molar-refractivity contribution in [1.29, 1.82) is 0 Å². The third-order valence-electron chi connectivity index (χ3n) is 3.37. The molecule has 0 aliphatic heterocycles. The first-order valence-electron chi connectivity index (χ1n) is 6.03. The van der Waals surface area contributed by atoms with Crippen LogP contribution in [0.4, 0.5) is 4.39 Å². The number of halogens is 1. The van der Waals surface area contributed by atoms with E-state index in [4.69, 9.17) is 0 Å². The summed E-state index contributed by atoms with van der Waals surface area (Å²) in [5.74, 6) is 0.284. The highest BCUT2D eigenvalue weighted by atomic mass is 19.1. The highest BCUT2D eigenvalue weighted by Crippen LogP contribution is 2.44. The van der Waals surface area contributed by atoms with E-state index in [-0.39, 0.29) is 23.7 Å². The van der Waals surface area contributed by atoms with Gasteiger partial charge in [-0.1, -0.05) is 26.0 Å². The normalized spacial score (nSPS) is 22.6. The van der Waals surface area contributed by atoms with Gasteiger partial charge in [0.1, 0.15) is 5.82 Å². The Labute approximate surface area is 101 Å². The molecule has 1 fully saturated rings. The van der Waals surface area contributed by atoms with E-state index >= 15 is 0 Å². The van der Waals surface area contributed by atoms with Gasteiger partial charge in [-0.15, -0.1) is 0 Å².